The van der Waals surface area contributed by atoms with Gasteiger partial charge in [0.2, 0.25) is 0 Å². The quantitative estimate of drug-likeness (QED) is 0.177. The standard InChI is InChI=1S/C18H36O2.C3H6N2S/c1-2-3-4-5-6-7-8-9-10-11-12-13-14-15-16-17-18(19)20;1-2-5-3(4)6/h2-17H2,1H3,(H,19,20);2H,1H3,(H2,4,6)/b;5-2+. The first-order valence-corrected chi connectivity index (χ1v) is 10.9. The number of nitrogens with zero attached hydrogens (tertiary/aromatic N) is 1. The zero-order valence-corrected chi connectivity index (χ0v) is 18.0. The van der Waals surface area contributed by atoms with E-state index < -0.39 is 5.97 Å². The molecule has 0 radical (unpaired) electrons. The Labute approximate surface area is 167 Å². The van der Waals surface area contributed by atoms with Crippen molar-refractivity contribution in [1.29, 1.82) is 0 Å². The molecule has 0 heterocycles. The minimum atomic E-state index is -0.653. The van der Waals surface area contributed by atoms with Crippen LogP contribution in [0.15, 0.2) is 4.99 Å². The SMILES string of the molecule is C/C=N/C(N)=S.CCCCCCCCCCCCCCCCCC(=O)O. The van der Waals surface area contributed by atoms with Crippen molar-refractivity contribution in [3.8, 4) is 0 Å². The van der Waals surface area contributed by atoms with E-state index in [0.717, 1.165) is 12.8 Å². The van der Waals surface area contributed by atoms with Gasteiger partial charge in [0.1, 0.15) is 0 Å². The van der Waals surface area contributed by atoms with E-state index in [4.69, 9.17) is 10.8 Å². The molecule has 0 aromatic rings. The molecule has 0 unspecified atom stereocenters. The van der Waals surface area contributed by atoms with Crippen molar-refractivity contribution in [2.75, 3.05) is 0 Å². The average Bonchev–Trinajstić information content (AvgIpc) is 2.58. The molecule has 0 aliphatic rings. The van der Waals surface area contributed by atoms with Crippen LogP contribution in [-0.2, 0) is 4.79 Å². The van der Waals surface area contributed by atoms with Crippen LogP contribution in [0.5, 0.6) is 0 Å². The molecule has 0 aliphatic heterocycles. The van der Waals surface area contributed by atoms with E-state index in [1.54, 1.807) is 13.1 Å². The van der Waals surface area contributed by atoms with Gasteiger partial charge in [-0.3, -0.25) is 4.79 Å². The fourth-order valence-electron chi connectivity index (χ4n) is 2.77. The molecule has 0 bridgehead atoms. The Balaban J connectivity index is 0. The maximum Gasteiger partial charge on any atom is 0.303 e. The van der Waals surface area contributed by atoms with Crippen LogP contribution < -0.4 is 5.73 Å². The highest BCUT2D eigenvalue weighted by atomic mass is 32.1. The summed E-state index contributed by atoms with van der Waals surface area (Å²) < 4.78 is 0. The number of hydrogen-bond acceptors (Lipinski definition) is 2. The maximum absolute atomic E-state index is 10.3. The molecule has 0 rings (SSSR count). The highest BCUT2D eigenvalue weighted by molar-refractivity contribution is 7.80. The second kappa shape index (κ2) is 24.0. The topological polar surface area (TPSA) is 75.7 Å². The molecule has 0 amide bonds. The minimum absolute atomic E-state index is 0.192. The van der Waals surface area contributed by atoms with E-state index in [1.165, 1.54) is 83.5 Å². The van der Waals surface area contributed by atoms with Gasteiger partial charge < -0.3 is 10.8 Å². The first-order valence-electron chi connectivity index (χ1n) is 10.5. The molecule has 0 fully saturated rings. The van der Waals surface area contributed by atoms with Crippen molar-refractivity contribution in [3.63, 3.8) is 0 Å². The lowest BCUT2D eigenvalue weighted by Gasteiger charge is -2.03. The lowest BCUT2D eigenvalue weighted by atomic mass is 10.0. The predicted molar refractivity (Wildman–Crippen MR) is 118 cm³/mol. The number of carboxylic acids is 1. The number of aliphatic imine (C=N–C) groups is 1. The van der Waals surface area contributed by atoms with Crippen molar-refractivity contribution in [2.45, 2.75) is 117 Å². The van der Waals surface area contributed by atoms with E-state index in [1.807, 2.05) is 0 Å². The van der Waals surface area contributed by atoms with Crippen LogP contribution in [0.2, 0.25) is 0 Å². The third kappa shape index (κ3) is 30.9. The van der Waals surface area contributed by atoms with E-state index in [0.29, 0.717) is 6.42 Å². The highest BCUT2D eigenvalue weighted by Gasteiger charge is 1.97. The monoisotopic (exact) mass is 386 g/mol. The number of thiocarbonyl (C=S) groups is 1. The minimum Gasteiger partial charge on any atom is -0.481 e. The second-order valence-electron chi connectivity index (χ2n) is 6.82. The Morgan fingerprint density at radius 3 is 1.42 bits per heavy atom. The molecule has 4 nitrogen and oxygen atoms in total. The van der Waals surface area contributed by atoms with E-state index >= 15 is 0 Å². The number of aliphatic carboxylic acids is 1. The lowest BCUT2D eigenvalue weighted by Crippen LogP contribution is -2.02. The lowest BCUT2D eigenvalue weighted by molar-refractivity contribution is -0.137. The van der Waals surface area contributed by atoms with Crippen LogP contribution in [0.3, 0.4) is 0 Å². The molecule has 0 spiro atoms. The zero-order chi connectivity index (χ0) is 19.9. The van der Waals surface area contributed by atoms with Gasteiger partial charge in [-0.25, -0.2) is 4.99 Å². The van der Waals surface area contributed by atoms with E-state index in [2.05, 4.69) is 24.1 Å². The molecule has 0 atom stereocenters. The van der Waals surface area contributed by atoms with Crippen molar-refractivity contribution >= 4 is 29.5 Å². The Kier molecular flexibility index (Phi) is 25.2. The smallest absolute Gasteiger partial charge is 0.303 e. The van der Waals surface area contributed by atoms with Gasteiger partial charge in [-0.2, -0.15) is 0 Å². The van der Waals surface area contributed by atoms with Gasteiger partial charge in [0.25, 0.3) is 0 Å². The Morgan fingerprint density at radius 2 is 1.19 bits per heavy atom. The molecule has 154 valence electrons. The number of carboxylic acid groups (broad SMARTS) is 1. The predicted octanol–water partition coefficient (Wildman–Crippen LogP) is 6.65. The largest absolute Gasteiger partial charge is 0.481 e. The molecule has 26 heavy (non-hydrogen) atoms. The molecule has 0 saturated carbocycles. The molecule has 0 aromatic heterocycles. The molecular weight excluding hydrogens is 344 g/mol. The van der Waals surface area contributed by atoms with Crippen molar-refractivity contribution in [3.05, 3.63) is 0 Å². The second-order valence-corrected chi connectivity index (χ2v) is 7.24. The number of rotatable bonds is 16. The molecular formula is C21H42N2O2S. The van der Waals surface area contributed by atoms with Gasteiger partial charge in [0.05, 0.1) is 0 Å². The van der Waals surface area contributed by atoms with Crippen LogP contribution in [-0.4, -0.2) is 22.4 Å². The Bertz CT molecular complexity index is 347. The molecule has 0 aliphatic carbocycles. The summed E-state index contributed by atoms with van der Waals surface area (Å²) in [5.41, 5.74) is 4.94. The van der Waals surface area contributed by atoms with Crippen LogP contribution in [0, 0.1) is 0 Å². The first-order chi connectivity index (χ1) is 12.5. The van der Waals surface area contributed by atoms with Crippen LogP contribution in [0.1, 0.15) is 117 Å². The van der Waals surface area contributed by atoms with Crippen LogP contribution >= 0.6 is 12.2 Å². The molecule has 5 heteroatoms. The third-order valence-electron chi connectivity index (χ3n) is 4.25. The van der Waals surface area contributed by atoms with E-state index in [-0.39, 0.29) is 5.11 Å². The number of hydrogen-bond donors (Lipinski definition) is 2. The fraction of sp³-hybridized carbons (Fsp3) is 0.857. The summed E-state index contributed by atoms with van der Waals surface area (Å²) in [6, 6.07) is 0. The van der Waals surface area contributed by atoms with Gasteiger partial charge in [-0.1, -0.05) is 96.8 Å². The average molecular weight is 387 g/mol. The van der Waals surface area contributed by atoms with Crippen LogP contribution in [0.4, 0.5) is 0 Å². The normalized spacial score (nSPS) is 10.5. The summed E-state index contributed by atoms with van der Waals surface area (Å²) >= 11 is 4.37. The molecule has 0 aromatic carbocycles. The summed E-state index contributed by atoms with van der Waals surface area (Å²) in [4.78, 5) is 13.8. The van der Waals surface area contributed by atoms with Gasteiger partial charge in [0, 0.05) is 12.6 Å². The summed E-state index contributed by atoms with van der Waals surface area (Å²) in [6.45, 7) is 4.03. The van der Waals surface area contributed by atoms with Crippen LogP contribution in [0.25, 0.3) is 0 Å². The first kappa shape index (κ1) is 27.3. The van der Waals surface area contributed by atoms with Gasteiger partial charge in [-0.05, 0) is 25.6 Å². The van der Waals surface area contributed by atoms with Crippen molar-refractivity contribution < 1.29 is 9.90 Å². The zero-order valence-electron chi connectivity index (χ0n) is 17.2. The summed E-state index contributed by atoms with van der Waals surface area (Å²) in [5.74, 6) is -0.653. The van der Waals surface area contributed by atoms with Gasteiger partial charge >= 0.3 is 5.97 Å². The number of unbranched alkanes of at least 4 members (excludes halogenated alkanes) is 14. The molecule has 0 saturated heterocycles. The highest BCUT2D eigenvalue weighted by Crippen LogP contribution is 2.13. The third-order valence-corrected chi connectivity index (χ3v) is 4.36. The fourth-order valence-corrected chi connectivity index (χ4v) is 2.88. The summed E-state index contributed by atoms with van der Waals surface area (Å²) in [7, 11) is 0. The Morgan fingerprint density at radius 1 is 0.846 bits per heavy atom. The van der Waals surface area contributed by atoms with E-state index in [9.17, 15) is 4.79 Å². The summed E-state index contributed by atoms with van der Waals surface area (Å²) in [5, 5.41) is 8.71. The summed E-state index contributed by atoms with van der Waals surface area (Å²) in [6.07, 6.45) is 21.8. The number of carbonyl (C=O) groups is 1. The molecule has 3 N–H and O–H groups in total. The number of nitrogens with two attached hydrogens (primary N) is 1. The van der Waals surface area contributed by atoms with Gasteiger partial charge in [0.15, 0.2) is 5.11 Å². The van der Waals surface area contributed by atoms with Crippen molar-refractivity contribution in [1.82, 2.24) is 0 Å². The van der Waals surface area contributed by atoms with Crippen molar-refractivity contribution in [2.24, 2.45) is 10.7 Å². The van der Waals surface area contributed by atoms with Gasteiger partial charge in [-0.15, -0.1) is 0 Å². The maximum atomic E-state index is 10.3. The Hall–Kier alpha value is -0.970.